The van der Waals surface area contributed by atoms with Crippen molar-refractivity contribution in [1.29, 1.82) is 0 Å². The van der Waals surface area contributed by atoms with Crippen molar-refractivity contribution in [1.82, 2.24) is 5.32 Å². The molecule has 100 valence electrons. The lowest BCUT2D eigenvalue weighted by Gasteiger charge is -2.16. The summed E-state index contributed by atoms with van der Waals surface area (Å²) < 4.78 is 28.2. The summed E-state index contributed by atoms with van der Waals surface area (Å²) in [5, 5.41) is 3.13. The van der Waals surface area contributed by atoms with Crippen molar-refractivity contribution in [2.24, 2.45) is 0 Å². The highest BCUT2D eigenvalue weighted by atomic mass is 79.9. The molecule has 0 aliphatic heterocycles. The minimum Gasteiger partial charge on any atom is -0.306 e. The van der Waals surface area contributed by atoms with E-state index < -0.39 is 17.7 Å². The molecular weight excluding hydrogens is 312 g/mol. The van der Waals surface area contributed by atoms with E-state index in [0.717, 1.165) is 10.0 Å². The van der Waals surface area contributed by atoms with Gasteiger partial charge in [-0.05, 0) is 30.7 Å². The zero-order valence-corrected chi connectivity index (χ0v) is 12.0. The van der Waals surface area contributed by atoms with Crippen LogP contribution in [0.2, 0.25) is 0 Å². The molecule has 0 saturated carbocycles. The molecule has 0 aromatic heterocycles. The molecule has 0 aliphatic rings. The highest BCUT2D eigenvalue weighted by Crippen LogP contribution is 2.22. The Kier molecular flexibility index (Phi) is 4.66. The van der Waals surface area contributed by atoms with Crippen molar-refractivity contribution >= 4 is 15.9 Å². The van der Waals surface area contributed by atoms with Crippen LogP contribution >= 0.6 is 15.9 Å². The number of nitrogens with one attached hydrogen (secondary N) is 1. The third kappa shape index (κ3) is 3.39. The molecule has 1 nitrogen and oxygen atoms in total. The Morgan fingerprint density at radius 1 is 1.05 bits per heavy atom. The van der Waals surface area contributed by atoms with Crippen LogP contribution < -0.4 is 5.32 Å². The van der Waals surface area contributed by atoms with E-state index in [-0.39, 0.29) is 5.56 Å². The van der Waals surface area contributed by atoms with Gasteiger partial charge in [-0.2, -0.15) is 0 Å². The maximum Gasteiger partial charge on any atom is 0.130 e. The van der Waals surface area contributed by atoms with Gasteiger partial charge in [-0.3, -0.25) is 0 Å². The van der Waals surface area contributed by atoms with Crippen LogP contribution in [-0.4, -0.2) is 0 Å². The molecule has 0 spiro atoms. The Hall–Kier alpha value is -1.26. The van der Waals surface area contributed by atoms with Gasteiger partial charge in [0.2, 0.25) is 0 Å². The maximum absolute atomic E-state index is 13.6. The quantitative estimate of drug-likeness (QED) is 0.867. The van der Waals surface area contributed by atoms with E-state index in [9.17, 15) is 8.78 Å². The van der Waals surface area contributed by atoms with Crippen molar-refractivity contribution in [3.63, 3.8) is 0 Å². The molecule has 1 atom stereocenters. The summed E-state index contributed by atoms with van der Waals surface area (Å²) in [6.07, 6.45) is 0. The molecule has 0 radical (unpaired) electrons. The first-order valence-corrected chi connectivity index (χ1v) is 6.79. The van der Waals surface area contributed by atoms with Crippen molar-refractivity contribution in [2.45, 2.75) is 19.5 Å². The Morgan fingerprint density at radius 2 is 1.68 bits per heavy atom. The first-order valence-electron chi connectivity index (χ1n) is 6.00. The second-order valence-corrected chi connectivity index (χ2v) is 5.18. The zero-order chi connectivity index (χ0) is 13.8. The van der Waals surface area contributed by atoms with Gasteiger partial charge in [0.05, 0.1) is 0 Å². The molecule has 2 rings (SSSR count). The lowest BCUT2D eigenvalue weighted by Crippen LogP contribution is -2.20. The van der Waals surface area contributed by atoms with Crippen LogP contribution in [0.15, 0.2) is 46.9 Å². The van der Waals surface area contributed by atoms with Crippen LogP contribution in [0, 0.1) is 11.6 Å². The summed E-state index contributed by atoms with van der Waals surface area (Å²) in [5.74, 6) is -1.04. The predicted octanol–water partition coefficient (Wildman–Crippen LogP) is 4.58. The fraction of sp³-hybridized carbons (Fsp3) is 0.200. The molecular formula is C15H14BrF2N. The first kappa shape index (κ1) is 14.2. The minimum absolute atomic E-state index is 0.0783. The summed E-state index contributed by atoms with van der Waals surface area (Å²) in [7, 11) is 0. The average Bonchev–Trinajstić information content (AvgIpc) is 2.37. The van der Waals surface area contributed by atoms with Gasteiger partial charge in [-0.25, -0.2) is 8.78 Å². The van der Waals surface area contributed by atoms with E-state index in [0.29, 0.717) is 6.54 Å². The molecule has 1 N–H and O–H groups in total. The zero-order valence-electron chi connectivity index (χ0n) is 10.5. The van der Waals surface area contributed by atoms with Gasteiger partial charge in [-0.1, -0.05) is 40.2 Å². The second kappa shape index (κ2) is 6.26. The summed E-state index contributed by atoms with van der Waals surface area (Å²) in [6.45, 7) is 2.29. The van der Waals surface area contributed by atoms with Crippen LogP contribution in [0.4, 0.5) is 8.78 Å². The van der Waals surface area contributed by atoms with Crippen LogP contribution in [0.1, 0.15) is 24.1 Å². The predicted molar refractivity (Wildman–Crippen MR) is 75.8 cm³/mol. The summed E-state index contributed by atoms with van der Waals surface area (Å²) in [5.41, 5.74) is 1.13. The van der Waals surface area contributed by atoms with E-state index >= 15 is 0 Å². The molecule has 0 amide bonds. The molecule has 2 aromatic rings. The van der Waals surface area contributed by atoms with Crippen LogP contribution in [0.25, 0.3) is 0 Å². The highest BCUT2D eigenvalue weighted by molar-refractivity contribution is 9.10. The van der Waals surface area contributed by atoms with Gasteiger partial charge >= 0.3 is 0 Å². The average molecular weight is 326 g/mol. The van der Waals surface area contributed by atoms with Crippen LogP contribution in [0.5, 0.6) is 0 Å². The monoisotopic (exact) mass is 325 g/mol. The molecule has 4 heteroatoms. The van der Waals surface area contributed by atoms with Crippen molar-refractivity contribution in [2.75, 3.05) is 0 Å². The molecule has 0 saturated heterocycles. The Labute approximate surface area is 119 Å². The maximum atomic E-state index is 13.6. The van der Waals surface area contributed by atoms with Crippen molar-refractivity contribution in [3.05, 3.63) is 69.7 Å². The van der Waals surface area contributed by atoms with Gasteiger partial charge in [0.1, 0.15) is 11.6 Å². The van der Waals surface area contributed by atoms with Gasteiger partial charge < -0.3 is 5.32 Å². The fourth-order valence-corrected chi connectivity index (χ4v) is 2.36. The molecule has 19 heavy (non-hydrogen) atoms. The smallest absolute Gasteiger partial charge is 0.130 e. The highest BCUT2D eigenvalue weighted by Gasteiger charge is 2.15. The van der Waals surface area contributed by atoms with Crippen molar-refractivity contribution in [3.8, 4) is 0 Å². The minimum atomic E-state index is -0.521. The summed E-state index contributed by atoms with van der Waals surface area (Å²) >= 11 is 3.44. The molecule has 0 bridgehead atoms. The van der Waals surface area contributed by atoms with Gasteiger partial charge in [0.25, 0.3) is 0 Å². The Morgan fingerprint density at radius 3 is 2.32 bits per heavy atom. The summed E-state index contributed by atoms with van der Waals surface area (Å²) in [4.78, 5) is 0. The standard InChI is InChI=1S/C15H14BrF2N/c1-10(15-13(17)7-4-8-14(15)18)19-9-11-5-2-3-6-12(11)16/h2-8,10,19H,9H2,1H3. The van der Waals surface area contributed by atoms with Crippen molar-refractivity contribution < 1.29 is 8.78 Å². The van der Waals surface area contributed by atoms with Crippen LogP contribution in [0.3, 0.4) is 0 Å². The Bertz CT molecular complexity index is 552. The van der Waals surface area contributed by atoms with E-state index in [4.69, 9.17) is 0 Å². The number of rotatable bonds is 4. The topological polar surface area (TPSA) is 12.0 Å². The SMILES string of the molecule is CC(NCc1ccccc1Br)c1c(F)cccc1F. The lowest BCUT2D eigenvalue weighted by atomic mass is 10.1. The Balaban J connectivity index is 2.10. The normalized spacial score (nSPS) is 12.4. The molecule has 0 heterocycles. The van der Waals surface area contributed by atoms with E-state index in [2.05, 4.69) is 21.2 Å². The van der Waals surface area contributed by atoms with Crippen LogP contribution in [-0.2, 0) is 6.54 Å². The third-order valence-electron chi connectivity index (χ3n) is 2.99. The largest absolute Gasteiger partial charge is 0.306 e. The van der Waals surface area contributed by atoms with E-state index in [1.807, 2.05) is 24.3 Å². The fourth-order valence-electron chi connectivity index (χ4n) is 1.93. The lowest BCUT2D eigenvalue weighted by molar-refractivity contribution is 0.487. The number of halogens is 3. The van der Waals surface area contributed by atoms with E-state index in [1.165, 1.54) is 18.2 Å². The van der Waals surface area contributed by atoms with Gasteiger partial charge in [0, 0.05) is 22.6 Å². The summed E-state index contributed by atoms with van der Waals surface area (Å²) in [6, 6.07) is 11.3. The third-order valence-corrected chi connectivity index (χ3v) is 3.76. The number of hydrogen-bond donors (Lipinski definition) is 1. The first-order chi connectivity index (χ1) is 9.09. The molecule has 0 aliphatic carbocycles. The number of benzene rings is 2. The molecule has 0 fully saturated rings. The molecule has 2 aromatic carbocycles. The van der Waals surface area contributed by atoms with Gasteiger partial charge in [0.15, 0.2) is 0 Å². The van der Waals surface area contributed by atoms with E-state index in [1.54, 1.807) is 6.92 Å². The molecule has 1 unspecified atom stereocenters. The number of hydrogen-bond acceptors (Lipinski definition) is 1. The second-order valence-electron chi connectivity index (χ2n) is 4.33. The van der Waals surface area contributed by atoms with Gasteiger partial charge in [-0.15, -0.1) is 0 Å².